The minimum Gasteiger partial charge on any atom is -0.478 e. The molecule has 0 fully saturated rings. The number of H-pyrrole nitrogens is 1. The summed E-state index contributed by atoms with van der Waals surface area (Å²) in [4.78, 5) is 28.7. The molecule has 0 saturated heterocycles. The maximum absolute atomic E-state index is 12.5. The number of aromatic carboxylic acids is 2. The first kappa shape index (κ1) is 24.6. The van der Waals surface area contributed by atoms with Crippen LogP contribution in [0.25, 0.3) is 28.3 Å². The predicted molar refractivity (Wildman–Crippen MR) is 138 cm³/mol. The minimum atomic E-state index is -1.13. The second-order valence-electron chi connectivity index (χ2n) is 8.81. The van der Waals surface area contributed by atoms with Crippen molar-refractivity contribution in [3.8, 4) is 28.3 Å². The van der Waals surface area contributed by atoms with E-state index in [2.05, 4.69) is 25.6 Å². The van der Waals surface area contributed by atoms with E-state index < -0.39 is 11.9 Å². The van der Waals surface area contributed by atoms with Crippen molar-refractivity contribution in [3.05, 3.63) is 89.1 Å². The van der Waals surface area contributed by atoms with Gasteiger partial charge in [-0.25, -0.2) is 14.6 Å². The van der Waals surface area contributed by atoms with Gasteiger partial charge in [0.1, 0.15) is 5.82 Å². The van der Waals surface area contributed by atoms with Gasteiger partial charge in [-0.05, 0) is 41.3 Å². The van der Waals surface area contributed by atoms with Crippen LogP contribution in [0, 0.1) is 6.92 Å². The molecule has 0 bridgehead atoms. The Balaban J connectivity index is 1.53. The molecule has 11 heteroatoms. The van der Waals surface area contributed by atoms with Gasteiger partial charge >= 0.3 is 11.9 Å². The summed E-state index contributed by atoms with van der Waals surface area (Å²) in [6, 6.07) is 17.1. The van der Waals surface area contributed by atoms with Crippen molar-refractivity contribution in [1.82, 2.24) is 34.7 Å². The summed E-state index contributed by atoms with van der Waals surface area (Å²) in [7, 11) is 0. The van der Waals surface area contributed by atoms with Gasteiger partial charge in [0.15, 0.2) is 11.5 Å². The molecule has 38 heavy (non-hydrogen) atoms. The minimum absolute atomic E-state index is 0.00983. The SMILES string of the molecule is CCCc1nc(-n2ccc(C(=O)O)c2C)c(C(=O)O)n1Cc1ccc(-c2ccccc2-c2nn[nH]n2)cc1. The van der Waals surface area contributed by atoms with Crippen molar-refractivity contribution in [1.29, 1.82) is 0 Å². The van der Waals surface area contributed by atoms with E-state index in [1.54, 1.807) is 17.7 Å². The highest BCUT2D eigenvalue weighted by Crippen LogP contribution is 2.30. The largest absolute Gasteiger partial charge is 0.478 e. The van der Waals surface area contributed by atoms with Crippen molar-refractivity contribution in [2.24, 2.45) is 0 Å². The van der Waals surface area contributed by atoms with Gasteiger partial charge in [0, 0.05) is 30.4 Å². The van der Waals surface area contributed by atoms with Gasteiger partial charge in [-0.1, -0.05) is 55.5 Å². The highest BCUT2D eigenvalue weighted by atomic mass is 16.4. The van der Waals surface area contributed by atoms with Gasteiger partial charge in [-0.2, -0.15) is 5.21 Å². The lowest BCUT2D eigenvalue weighted by molar-refractivity contribution is 0.0679. The summed E-state index contributed by atoms with van der Waals surface area (Å²) < 4.78 is 3.23. The molecule has 11 nitrogen and oxygen atoms in total. The summed E-state index contributed by atoms with van der Waals surface area (Å²) >= 11 is 0. The number of aromatic nitrogens is 7. The lowest BCUT2D eigenvalue weighted by atomic mass is 9.98. The van der Waals surface area contributed by atoms with Gasteiger partial charge in [0.25, 0.3) is 0 Å². The van der Waals surface area contributed by atoms with Crippen LogP contribution in [0.15, 0.2) is 60.8 Å². The van der Waals surface area contributed by atoms with Crippen LogP contribution in [0.4, 0.5) is 0 Å². The van der Waals surface area contributed by atoms with E-state index in [1.165, 1.54) is 10.6 Å². The first-order valence-corrected chi connectivity index (χ1v) is 12.1. The second kappa shape index (κ2) is 10.1. The molecule has 5 rings (SSSR count). The van der Waals surface area contributed by atoms with Crippen LogP contribution in [-0.2, 0) is 13.0 Å². The van der Waals surface area contributed by atoms with Crippen molar-refractivity contribution in [2.45, 2.75) is 33.2 Å². The Morgan fingerprint density at radius 3 is 2.32 bits per heavy atom. The van der Waals surface area contributed by atoms with Crippen molar-refractivity contribution in [3.63, 3.8) is 0 Å². The number of hydrogen-bond donors (Lipinski definition) is 3. The van der Waals surface area contributed by atoms with Crippen molar-refractivity contribution >= 4 is 11.9 Å². The Labute approximate surface area is 217 Å². The van der Waals surface area contributed by atoms with E-state index in [1.807, 2.05) is 55.5 Å². The molecule has 3 aromatic heterocycles. The highest BCUT2D eigenvalue weighted by molar-refractivity contribution is 5.91. The fourth-order valence-corrected chi connectivity index (χ4v) is 4.59. The Morgan fingerprint density at radius 1 is 0.974 bits per heavy atom. The molecule has 0 unspecified atom stereocenters. The van der Waals surface area contributed by atoms with E-state index >= 15 is 0 Å². The van der Waals surface area contributed by atoms with Crippen molar-refractivity contribution < 1.29 is 19.8 Å². The summed E-state index contributed by atoms with van der Waals surface area (Å²) in [6.07, 6.45) is 2.89. The molecule has 3 N–H and O–H groups in total. The van der Waals surface area contributed by atoms with Gasteiger partial charge in [-0.15, -0.1) is 10.2 Å². The Morgan fingerprint density at radius 2 is 1.71 bits per heavy atom. The Kier molecular flexibility index (Phi) is 6.56. The number of aromatic amines is 1. The zero-order chi connectivity index (χ0) is 26.8. The van der Waals surface area contributed by atoms with Crippen molar-refractivity contribution in [2.75, 3.05) is 0 Å². The molecule has 0 atom stereocenters. The molecular formula is C27H25N7O4. The van der Waals surface area contributed by atoms with E-state index in [9.17, 15) is 19.8 Å². The lowest BCUT2D eigenvalue weighted by Crippen LogP contribution is -2.14. The summed E-state index contributed by atoms with van der Waals surface area (Å²) in [5.41, 5.74) is 4.16. The fraction of sp³-hybridized carbons (Fsp3) is 0.185. The van der Waals surface area contributed by atoms with Crippen LogP contribution in [0.3, 0.4) is 0 Å². The summed E-state index contributed by atoms with van der Waals surface area (Å²) in [5.74, 6) is -0.886. The molecule has 0 aliphatic carbocycles. The van der Waals surface area contributed by atoms with Gasteiger partial charge in [-0.3, -0.25) is 0 Å². The van der Waals surface area contributed by atoms with Crippen LogP contribution < -0.4 is 0 Å². The molecule has 0 saturated carbocycles. The molecule has 0 amide bonds. The molecule has 192 valence electrons. The van der Waals surface area contributed by atoms with E-state index in [-0.39, 0.29) is 17.1 Å². The third kappa shape index (κ3) is 4.45. The number of carboxylic acids is 2. The molecule has 0 spiro atoms. The number of carboxylic acid groups (broad SMARTS) is 2. The summed E-state index contributed by atoms with van der Waals surface area (Å²) in [5, 5.41) is 34.0. The number of hydrogen-bond acceptors (Lipinski definition) is 6. The molecule has 5 aromatic rings. The van der Waals surface area contributed by atoms with Crippen LogP contribution >= 0.6 is 0 Å². The molecule has 0 aliphatic rings. The number of aryl methyl sites for hydroxylation is 1. The zero-order valence-corrected chi connectivity index (χ0v) is 20.8. The molecule has 3 heterocycles. The smallest absolute Gasteiger partial charge is 0.356 e. The molecule has 0 radical (unpaired) electrons. The number of nitrogens with one attached hydrogen (secondary N) is 1. The average Bonchev–Trinajstić information content (AvgIpc) is 3.64. The van der Waals surface area contributed by atoms with Gasteiger partial charge in [0.05, 0.1) is 5.56 Å². The van der Waals surface area contributed by atoms with Crippen LogP contribution in [0.1, 0.15) is 51.3 Å². The van der Waals surface area contributed by atoms with Gasteiger partial charge in [0.2, 0.25) is 5.82 Å². The normalized spacial score (nSPS) is 11.1. The number of rotatable bonds is 9. The second-order valence-corrected chi connectivity index (χ2v) is 8.81. The molecule has 0 aliphatic heterocycles. The lowest BCUT2D eigenvalue weighted by Gasteiger charge is -2.12. The standard InChI is InChI=1S/C27H25N7O4/c1-3-6-22-28-25(33-14-13-19(16(33)2)26(35)36)23(27(37)38)34(22)15-17-9-11-18(12-10-17)20-7-4-5-8-21(20)24-29-31-32-30-24/h4-5,7-14H,3,6,15H2,1-2H3,(H,35,36)(H,37,38)(H,29,30,31,32). The van der Waals surface area contributed by atoms with E-state index in [4.69, 9.17) is 0 Å². The maximum Gasteiger partial charge on any atom is 0.356 e. The quantitative estimate of drug-likeness (QED) is 0.266. The van der Waals surface area contributed by atoms with E-state index in [0.29, 0.717) is 30.3 Å². The predicted octanol–water partition coefficient (Wildman–Crippen LogP) is 4.23. The average molecular weight is 512 g/mol. The Bertz CT molecular complexity index is 1620. The summed E-state index contributed by atoms with van der Waals surface area (Å²) in [6.45, 7) is 3.93. The third-order valence-corrected chi connectivity index (χ3v) is 6.42. The first-order valence-electron chi connectivity index (χ1n) is 12.1. The molecule has 2 aromatic carbocycles. The van der Waals surface area contributed by atoms with E-state index in [0.717, 1.165) is 28.7 Å². The maximum atomic E-state index is 12.5. The van der Waals surface area contributed by atoms with Crippen LogP contribution in [0.5, 0.6) is 0 Å². The van der Waals surface area contributed by atoms with Crippen LogP contribution in [-0.4, -0.2) is 56.9 Å². The number of carbonyl (C=O) groups is 2. The highest BCUT2D eigenvalue weighted by Gasteiger charge is 2.26. The number of benzene rings is 2. The number of imidazole rings is 1. The first-order chi connectivity index (χ1) is 18.4. The fourth-order valence-electron chi connectivity index (χ4n) is 4.59. The Hall–Kier alpha value is -5.06. The number of tetrazole rings is 1. The topological polar surface area (TPSA) is 152 Å². The molecular weight excluding hydrogens is 486 g/mol. The van der Waals surface area contributed by atoms with Crippen LogP contribution in [0.2, 0.25) is 0 Å². The monoisotopic (exact) mass is 511 g/mol. The third-order valence-electron chi connectivity index (χ3n) is 6.42. The van der Waals surface area contributed by atoms with Gasteiger partial charge < -0.3 is 19.3 Å². The number of nitrogens with zero attached hydrogens (tertiary/aromatic N) is 6. The zero-order valence-electron chi connectivity index (χ0n) is 20.8.